The average molecular weight is 168 g/mol. The maximum absolute atomic E-state index is 8.63. The van der Waals surface area contributed by atoms with Crippen molar-refractivity contribution in [3.05, 3.63) is 24.3 Å². The van der Waals surface area contributed by atoms with Crippen LogP contribution in [0.4, 0.5) is 0 Å². The zero-order valence-corrected chi connectivity index (χ0v) is 8.16. The van der Waals surface area contributed by atoms with Crippen molar-refractivity contribution in [3.63, 3.8) is 0 Å². The molecule has 1 nitrogen and oxygen atoms in total. The van der Waals surface area contributed by atoms with E-state index in [0.29, 0.717) is 5.92 Å². The van der Waals surface area contributed by atoms with E-state index in [2.05, 4.69) is 38.2 Å². The first-order valence-corrected chi connectivity index (χ1v) is 4.75. The molecule has 0 bridgehead atoms. The molecule has 70 valence electrons. The van der Waals surface area contributed by atoms with Gasteiger partial charge in [0, 0.05) is 6.61 Å². The van der Waals surface area contributed by atoms with Gasteiger partial charge in [0.2, 0.25) is 0 Å². The van der Waals surface area contributed by atoms with Crippen molar-refractivity contribution >= 4 is 0 Å². The van der Waals surface area contributed by atoms with Crippen molar-refractivity contribution in [2.24, 2.45) is 5.92 Å². The molecule has 12 heavy (non-hydrogen) atoms. The fourth-order valence-electron chi connectivity index (χ4n) is 0.895. The molecule has 0 aromatic carbocycles. The highest BCUT2D eigenvalue weighted by Crippen LogP contribution is 2.02. The van der Waals surface area contributed by atoms with Crippen molar-refractivity contribution in [1.29, 1.82) is 0 Å². The van der Waals surface area contributed by atoms with Crippen LogP contribution < -0.4 is 0 Å². The Kier molecular flexibility index (Phi) is 8.14. The Labute approximate surface area is 75.8 Å². The highest BCUT2D eigenvalue weighted by molar-refractivity contribution is 5.03. The molecule has 1 N–H and O–H groups in total. The molecule has 0 amide bonds. The number of allylic oxidation sites excluding steroid dienone is 4. The number of hydrogen-bond donors (Lipinski definition) is 1. The third-order valence-electron chi connectivity index (χ3n) is 1.73. The molecule has 0 spiro atoms. The van der Waals surface area contributed by atoms with E-state index in [1.807, 2.05) is 0 Å². The zero-order valence-electron chi connectivity index (χ0n) is 8.16. The van der Waals surface area contributed by atoms with Crippen molar-refractivity contribution in [1.82, 2.24) is 0 Å². The van der Waals surface area contributed by atoms with Gasteiger partial charge in [-0.2, -0.15) is 0 Å². The normalized spacial score (nSPS) is 14.6. The molecule has 0 radical (unpaired) electrons. The SMILES string of the molecule is CCC/C=C/C=C/C(C)CCO. The van der Waals surface area contributed by atoms with Gasteiger partial charge < -0.3 is 5.11 Å². The van der Waals surface area contributed by atoms with E-state index in [9.17, 15) is 0 Å². The molecule has 1 atom stereocenters. The fourth-order valence-corrected chi connectivity index (χ4v) is 0.895. The maximum Gasteiger partial charge on any atom is 0.0436 e. The van der Waals surface area contributed by atoms with Crippen LogP contribution in [-0.2, 0) is 0 Å². The predicted octanol–water partition coefficient (Wildman–Crippen LogP) is 2.92. The largest absolute Gasteiger partial charge is 0.396 e. The van der Waals surface area contributed by atoms with Crippen LogP contribution >= 0.6 is 0 Å². The van der Waals surface area contributed by atoms with Crippen molar-refractivity contribution in [2.45, 2.75) is 33.1 Å². The van der Waals surface area contributed by atoms with E-state index in [0.717, 1.165) is 12.8 Å². The lowest BCUT2D eigenvalue weighted by Gasteiger charge is -1.99. The summed E-state index contributed by atoms with van der Waals surface area (Å²) in [4.78, 5) is 0. The molecular formula is C11H20O. The second-order valence-electron chi connectivity index (χ2n) is 3.09. The molecule has 0 rings (SSSR count). The lowest BCUT2D eigenvalue weighted by molar-refractivity contribution is 0.274. The number of hydrogen-bond acceptors (Lipinski definition) is 1. The number of unbranched alkanes of at least 4 members (excludes halogenated alkanes) is 1. The van der Waals surface area contributed by atoms with Gasteiger partial charge in [0.25, 0.3) is 0 Å². The van der Waals surface area contributed by atoms with Crippen LogP contribution in [0.1, 0.15) is 33.1 Å². The Balaban J connectivity index is 3.46. The zero-order chi connectivity index (χ0) is 9.23. The van der Waals surface area contributed by atoms with Crippen LogP contribution in [0.2, 0.25) is 0 Å². The summed E-state index contributed by atoms with van der Waals surface area (Å²) in [6.45, 7) is 4.56. The number of rotatable bonds is 6. The van der Waals surface area contributed by atoms with E-state index < -0.39 is 0 Å². The third kappa shape index (κ3) is 7.55. The Morgan fingerprint density at radius 1 is 1.33 bits per heavy atom. The number of aliphatic hydroxyl groups is 1. The van der Waals surface area contributed by atoms with E-state index >= 15 is 0 Å². The molecule has 0 saturated carbocycles. The van der Waals surface area contributed by atoms with Crippen LogP contribution in [0.25, 0.3) is 0 Å². The summed E-state index contributed by atoms with van der Waals surface area (Å²) in [5, 5.41) is 8.63. The third-order valence-corrected chi connectivity index (χ3v) is 1.73. The van der Waals surface area contributed by atoms with Crippen LogP contribution in [0.5, 0.6) is 0 Å². The second kappa shape index (κ2) is 8.54. The Hall–Kier alpha value is -0.560. The van der Waals surface area contributed by atoms with E-state index in [4.69, 9.17) is 5.11 Å². The summed E-state index contributed by atoms with van der Waals surface area (Å²) in [5.74, 6) is 0.487. The first-order chi connectivity index (χ1) is 5.81. The topological polar surface area (TPSA) is 20.2 Å². The van der Waals surface area contributed by atoms with Gasteiger partial charge >= 0.3 is 0 Å². The molecule has 1 unspecified atom stereocenters. The minimum absolute atomic E-state index is 0.282. The summed E-state index contributed by atoms with van der Waals surface area (Å²) in [6.07, 6.45) is 11.7. The number of aliphatic hydroxyl groups excluding tert-OH is 1. The Bertz CT molecular complexity index is 136. The van der Waals surface area contributed by atoms with Gasteiger partial charge in [0.1, 0.15) is 0 Å². The van der Waals surface area contributed by atoms with E-state index in [1.54, 1.807) is 0 Å². The lowest BCUT2D eigenvalue weighted by atomic mass is 10.1. The summed E-state index contributed by atoms with van der Waals surface area (Å²) in [5.41, 5.74) is 0. The minimum atomic E-state index is 0.282. The average Bonchev–Trinajstić information content (AvgIpc) is 2.05. The first kappa shape index (κ1) is 11.4. The summed E-state index contributed by atoms with van der Waals surface area (Å²) >= 11 is 0. The smallest absolute Gasteiger partial charge is 0.0436 e. The Morgan fingerprint density at radius 3 is 2.67 bits per heavy atom. The molecule has 0 aromatic heterocycles. The van der Waals surface area contributed by atoms with Gasteiger partial charge in [-0.05, 0) is 18.8 Å². The second-order valence-corrected chi connectivity index (χ2v) is 3.09. The Morgan fingerprint density at radius 2 is 2.08 bits per heavy atom. The quantitative estimate of drug-likeness (QED) is 0.605. The molecule has 0 fully saturated rings. The molecule has 0 aromatic rings. The maximum atomic E-state index is 8.63. The first-order valence-electron chi connectivity index (χ1n) is 4.75. The van der Waals surface area contributed by atoms with Gasteiger partial charge in [0.15, 0.2) is 0 Å². The fraction of sp³-hybridized carbons (Fsp3) is 0.636. The molecule has 1 heteroatoms. The summed E-state index contributed by atoms with van der Waals surface area (Å²) in [6, 6.07) is 0. The molecule has 0 aliphatic rings. The van der Waals surface area contributed by atoms with Crippen molar-refractivity contribution in [2.75, 3.05) is 6.61 Å². The summed E-state index contributed by atoms with van der Waals surface area (Å²) in [7, 11) is 0. The van der Waals surface area contributed by atoms with Gasteiger partial charge in [-0.1, -0.05) is 44.6 Å². The lowest BCUT2D eigenvalue weighted by Crippen LogP contribution is -1.92. The van der Waals surface area contributed by atoms with Crippen LogP contribution in [0.3, 0.4) is 0 Å². The summed E-state index contributed by atoms with van der Waals surface area (Å²) < 4.78 is 0. The van der Waals surface area contributed by atoms with Crippen LogP contribution in [0.15, 0.2) is 24.3 Å². The molecule has 0 aliphatic carbocycles. The highest BCUT2D eigenvalue weighted by Gasteiger charge is 1.92. The highest BCUT2D eigenvalue weighted by atomic mass is 16.2. The predicted molar refractivity (Wildman–Crippen MR) is 54.1 cm³/mol. The van der Waals surface area contributed by atoms with Crippen molar-refractivity contribution in [3.8, 4) is 0 Å². The minimum Gasteiger partial charge on any atom is -0.396 e. The molecule has 0 heterocycles. The van der Waals surface area contributed by atoms with Gasteiger partial charge in [-0.25, -0.2) is 0 Å². The van der Waals surface area contributed by atoms with Crippen LogP contribution in [-0.4, -0.2) is 11.7 Å². The molecule has 0 saturated heterocycles. The molecule has 0 aliphatic heterocycles. The van der Waals surface area contributed by atoms with E-state index in [1.165, 1.54) is 6.42 Å². The van der Waals surface area contributed by atoms with Gasteiger partial charge in [-0.3, -0.25) is 0 Å². The van der Waals surface area contributed by atoms with E-state index in [-0.39, 0.29) is 6.61 Å². The standard InChI is InChI=1S/C11H20O/c1-3-4-5-6-7-8-11(2)9-10-12/h5-8,11-12H,3-4,9-10H2,1-2H3/b6-5+,8-7+. The van der Waals surface area contributed by atoms with Crippen molar-refractivity contribution < 1.29 is 5.11 Å². The molecular weight excluding hydrogens is 148 g/mol. The van der Waals surface area contributed by atoms with Gasteiger partial charge in [-0.15, -0.1) is 0 Å². The monoisotopic (exact) mass is 168 g/mol. The van der Waals surface area contributed by atoms with Crippen LogP contribution in [0, 0.1) is 5.92 Å². The van der Waals surface area contributed by atoms with Gasteiger partial charge in [0.05, 0.1) is 0 Å².